The van der Waals surface area contributed by atoms with Crippen molar-refractivity contribution in [2.24, 2.45) is 0 Å². The first-order valence-corrected chi connectivity index (χ1v) is 13.9. The molecule has 0 saturated heterocycles. The summed E-state index contributed by atoms with van der Waals surface area (Å²) in [7, 11) is 0. The number of aryl methyl sites for hydroxylation is 4. The Bertz CT molecular complexity index is 1170. The van der Waals surface area contributed by atoms with E-state index in [1.165, 1.54) is 0 Å². The molecule has 5 heterocycles. The normalized spacial score (nSPS) is 15.7. The van der Waals surface area contributed by atoms with Crippen LogP contribution in [0.25, 0.3) is 0 Å². The van der Waals surface area contributed by atoms with Gasteiger partial charge in [-0.3, -0.25) is 9.80 Å². The van der Waals surface area contributed by atoms with E-state index in [9.17, 15) is 0 Å². The van der Waals surface area contributed by atoms with Gasteiger partial charge >= 0.3 is 0 Å². The van der Waals surface area contributed by atoms with Crippen LogP contribution in [-0.2, 0) is 39.5 Å². The molecule has 8 bridgehead atoms. The lowest BCUT2D eigenvalue weighted by molar-refractivity contribution is 0.246. The Kier molecular flexibility index (Phi) is 7.80. The van der Waals surface area contributed by atoms with Crippen molar-refractivity contribution < 1.29 is 0 Å². The lowest BCUT2D eigenvalue weighted by Gasteiger charge is -2.19. The fourth-order valence-corrected chi connectivity index (χ4v) is 5.43. The molecular weight excluding hydrogens is 476 g/mol. The van der Waals surface area contributed by atoms with Crippen LogP contribution >= 0.6 is 0 Å². The molecule has 10 nitrogen and oxygen atoms in total. The second-order valence-electron chi connectivity index (χ2n) is 10.8. The van der Waals surface area contributed by atoms with Crippen molar-refractivity contribution in [2.45, 2.75) is 93.9 Å². The molecule has 204 valence electrons. The van der Waals surface area contributed by atoms with Crippen molar-refractivity contribution >= 4 is 0 Å². The summed E-state index contributed by atoms with van der Waals surface area (Å²) in [6.45, 7) is 19.4. The zero-order chi connectivity index (χ0) is 26.8. The maximum atomic E-state index is 4.97. The second-order valence-corrected chi connectivity index (χ2v) is 10.8. The number of aromatic nitrogens is 8. The molecule has 0 unspecified atom stereocenters. The van der Waals surface area contributed by atoms with Crippen LogP contribution in [0.3, 0.4) is 0 Å². The van der Waals surface area contributed by atoms with E-state index in [1.54, 1.807) is 0 Å². The van der Waals surface area contributed by atoms with Crippen LogP contribution in [0.4, 0.5) is 0 Å². The monoisotopic (exact) mass is 518 g/mol. The lowest BCUT2D eigenvalue weighted by atomic mass is 10.3. The summed E-state index contributed by atoms with van der Waals surface area (Å²) in [4.78, 5) is 4.88. The Labute approximate surface area is 225 Å². The van der Waals surface area contributed by atoms with Gasteiger partial charge in [-0.25, -0.2) is 18.7 Å². The molecule has 4 aromatic heterocycles. The Morgan fingerprint density at radius 2 is 0.763 bits per heavy atom. The number of hydrogen-bond acceptors (Lipinski definition) is 6. The smallest absolute Gasteiger partial charge is 0.133 e. The summed E-state index contributed by atoms with van der Waals surface area (Å²) in [6, 6.07) is 8.82. The average Bonchev–Trinajstić information content (AvgIpc) is 3.57. The molecule has 0 fully saturated rings. The molecule has 0 atom stereocenters. The van der Waals surface area contributed by atoms with E-state index in [2.05, 4.69) is 94.3 Å². The average molecular weight is 519 g/mol. The van der Waals surface area contributed by atoms with Gasteiger partial charge in [-0.1, -0.05) is 13.8 Å². The number of nitrogens with zero attached hydrogens (tertiary/aromatic N) is 10. The standard InChI is InChI=1S/C28H42N10/c1-7-9-33-15-25-11-21(3)35(29-25)19-37-23(5)13-27(31-37)17-34(10-8-2)18-28-14-24(6)38(32-28)20-36-22(4)12-26(16-33)30-36/h11-14H,7-10,15-20H2,1-6H3. The highest BCUT2D eigenvalue weighted by Crippen LogP contribution is 2.16. The van der Waals surface area contributed by atoms with Crippen LogP contribution < -0.4 is 0 Å². The molecule has 0 aromatic carbocycles. The van der Waals surface area contributed by atoms with Gasteiger partial charge in [0, 0.05) is 49.0 Å². The molecular formula is C28H42N10. The van der Waals surface area contributed by atoms with Gasteiger partial charge in [0.25, 0.3) is 0 Å². The third-order valence-electron chi connectivity index (χ3n) is 7.29. The van der Waals surface area contributed by atoms with E-state index in [0.717, 1.165) is 97.7 Å². The minimum atomic E-state index is 0.617. The van der Waals surface area contributed by atoms with E-state index in [-0.39, 0.29) is 0 Å². The molecule has 1 aliphatic heterocycles. The first-order valence-electron chi connectivity index (χ1n) is 13.9. The quantitative estimate of drug-likeness (QED) is 0.408. The molecule has 38 heavy (non-hydrogen) atoms. The SMILES string of the molecule is CCCN1Cc2cc(C)n(n2)Cn2nc(cc2C)CN(CCC)Cc2cc(C)n(n2)Cn2nc(cc2C)C1. The molecule has 5 rings (SSSR count). The van der Waals surface area contributed by atoms with Crippen LogP contribution in [0.1, 0.15) is 72.2 Å². The summed E-state index contributed by atoms with van der Waals surface area (Å²) >= 11 is 0. The summed E-state index contributed by atoms with van der Waals surface area (Å²) in [5.74, 6) is 0. The van der Waals surface area contributed by atoms with Gasteiger partial charge in [-0.05, 0) is 77.9 Å². The van der Waals surface area contributed by atoms with Crippen LogP contribution in [-0.4, -0.2) is 62.0 Å². The third-order valence-corrected chi connectivity index (χ3v) is 7.29. The maximum absolute atomic E-state index is 4.97. The van der Waals surface area contributed by atoms with Crippen molar-refractivity contribution in [1.29, 1.82) is 0 Å². The summed E-state index contributed by atoms with van der Waals surface area (Å²) < 4.78 is 8.28. The van der Waals surface area contributed by atoms with Gasteiger partial charge in [0.05, 0.1) is 22.8 Å². The molecule has 0 spiro atoms. The highest BCUT2D eigenvalue weighted by atomic mass is 15.4. The van der Waals surface area contributed by atoms with E-state index in [4.69, 9.17) is 20.4 Å². The first-order chi connectivity index (χ1) is 18.3. The van der Waals surface area contributed by atoms with E-state index >= 15 is 0 Å². The van der Waals surface area contributed by atoms with Crippen LogP contribution in [0, 0.1) is 27.7 Å². The fraction of sp³-hybridized carbons (Fsp3) is 0.571. The molecule has 0 amide bonds. The lowest BCUT2D eigenvalue weighted by Crippen LogP contribution is -2.25. The molecule has 1 aliphatic rings. The van der Waals surface area contributed by atoms with Crippen LogP contribution in [0.5, 0.6) is 0 Å². The zero-order valence-corrected chi connectivity index (χ0v) is 23.9. The minimum absolute atomic E-state index is 0.617. The molecule has 0 aliphatic carbocycles. The Balaban J connectivity index is 1.51. The zero-order valence-electron chi connectivity index (χ0n) is 23.9. The highest BCUT2D eigenvalue weighted by molar-refractivity contribution is 5.14. The van der Waals surface area contributed by atoms with Crippen molar-refractivity contribution in [3.8, 4) is 0 Å². The minimum Gasteiger partial charge on any atom is -0.292 e. The van der Waals surface area contributed by atoms with E-state index in [1.807, 2.05) is 0 Å². The Morgan fingerprint density at radius 3 is 1.00 bits per heavy atom. The van der Waals surface area contributed by atoms with Gasteiger partial charge in [0.2, 0.25) is 0 Å². The van der Waals surface area contributed by atoms with Gasteiger partial charge in [0.1, 0.15) is 13.3 Å². The van der Waals surface area contributed by atoms with Crippen molar-refractivity contribution in [1.82, 2.24) is 48.9 Å². The van der Waals surface area contributed by atoms with Crippen molar-refractivity contribution in [3.63, 3.8) is 0 Å². The number of rotatable bonds is 4. The highest BCUT2D eigenvalue weighted by Gasteiger charge is 2.17. The summed E-state index contributed by atoms with van der Waals surface area (Å²) in [6.07, 6.45) is 2.16. The fourth-order valence-electron chi connectivity index (χ4n) is 5.43. The summed E-state index contributed by atoms with van der Waals surface area (Å²) in [5.41, 5.74) is 8.93. The topological polar surface area (TPSA) is 77.8 Å². The maximum Gasteiger partial charge on any atom is 0.133 e. The second kappa shape index (κ2) is 11.2. The Morgan fingerprint density at radius 1 is 0.500 bits per heavy atom. The van der Waals surface area contributed by atoms with Crippen molar-refractivity contribution in [3.05, 3.63) is 69.8 Å². The molecule has 0 saturated carbocycles. The predicted octanol–water partition coefficient (Wildman–Crippen LogP) is 3.86. The predicted molar refractivity (Wildman–Crippen MR) is 147 cm³/mol. The molecule has 4 aromatic rings. The van der Waals surface area contributed by atoms with Crippen LogP contribution in [0.15, 0.2) is 24.3 Å². The summed E-state index contributed by atoms with van der Waals surface area (Å²) in [5, 5.41) is 19.9. The van der Waals surface area contributed by atoms with Gasteiger partial charge < -0.3 is 0 Å². The number of fused-ring (bicyclic) bond motifs is 8. The molecule has 0 radical (unpaired) electrons. The van der Waals surface area contributed by atoms with Gasteiger partial charge in [-0.15, -0.1) is 0 Å². The van der Waals surface area contributed by atoms with Gasteiger partial charge in [0.15, 0.2) is 0 Å². The third kappa shape index (κ3) is 5.91. The molecule has 0 N–H and O–H groups in total. The first kappa shape index (κ1) is 26.4. The molecule has 10 heteroatoms. The van der Waals surface area contributed by atoms with Crippen molar-refractivity contribution in [2.75, 3.05) is 13.1 Å². The Hall–Kier alpha value is -3.24. The van der Waals surface area contributed by atoms with E-state index in [0.29, 0.717) is 13.3 Å². The van der Waals surface area contributed by atoms with E-state index < -0.39 is 0 Å². The number of hydrogen-bond donors (Lipinski definition) is 0. The van der Waals surface area contributed by atoms with Gasteiger partial charge in [-0.2, -0.15) is 20.4 Å². The largest absolute Gasteiger partial charge is 0.292 e. The van der Waals surface area contributed by atoms with Crippen LogP contribution in [0.2, 0.25) is 0 Å².